The molecule has 1 nitrogen and oxygen atoms in total. The fraction of sp³-hybridized carbons (Fsp3) is 0.160. The zero-order valence-corrected chi connectivity index (χ0v) is 17.1. The minimum atomic E-state index is -4.37. The monoisotopic (exact) mass is 448 g/mol. The number of rotatable bonds is 5. The van der Waals surface area contributed by atoms with E-state index in [1.165, 1.54) is 24.3 Å². The van der Waals surface area contributed by atoms with Crippen LogP contribution in [-0.4, -0.2) is 0 Å². The molecule has 3 rings (SSSR count). The lowest BCUT2D eigenvalue weighted by atomic mass is 10.1. The van der Waals surface area contributed by atoms with Gasteiger partial charge in [-0.15, -0.1) is 0 Å². The highest BCUT2D eigenvalue weighted by molar-refractivity contribution is 5.69. The molecule has 0 atom stereocenters. The summed E-state index contributed by atoms with van der Waals surface area (Å²) in [5.74, 6) is 0. The first kappa shape index (κ1) is 23.3. The Morgan fingerprint density at radius 1 is 0.594 bits per heavy atom. The third-order valence-corrected chi connectivity index (χ3v) is 4.84. The van der Waals surface area contributed by atoms with E-state index in [0.717, 1.165) is 35.7 Å². The highest BCUT2D eigenvalue weighted by atomic mass is 19.4. The van der Waals surface area contributed by atoms with Crippen LogP contribution < -0.4 is 4.57 Å². The first-order chi connectivity index (χ1) is 15.1. The van der Waals surface area contributed by atoms with Gasteiger partial charge in [-0.3, -0.25) is 0 Å². The third-order valence-electron chi connectivity index (χ3n) is 4.84. The largest absolute Gasteiger partial charge is 0.416 e. The summed E-state index contributed by atoms with van der Waals surface area (Å²) in [4.78, 5) is 0. The first-order valence-electron chi connectivity index (χ1n) is 9.81. The van der Waals surface area contributed by atoms with Gasteiger partial charge >= 0.3 is 12.4 Å². The van der Waals surface area contributed by atoms with Crippen LogP contribution >= 0.6 is 0 Å². The molecule has 0 unspecified atom stereocenters. The van der Waals surface area contributed by atoms with E-state index < -0.39 is 23.5 Å². The van der Waals surface area contributed by atoms with Gasteiger partial charge in [0.2, 0.25) is 11.4 Å². The highest BCUT2D eigenvalue weighted by Gasteiger charge is 2.30. The van der Waals surface area contributed by atoms with Crippen molar-refractivity contribution in [3.8, 4) is 0 Å². The van der Waals surface area contributed by atoms with Crippen molar-refractivity contribution >= 4 is 24.3 Å². The maximum atomic E-state index is 12.7. The Kier molecular flexibility index (Phi) is 6.87. The first-order valence-corrected chi connectivity index (χ1v) is 9.81. The van der Waals surface area contributed by atoms with Crippen molar-refractivity contribution in [3.63, 3.8) is 0 Å². The van der Waals surface area contributed by atoms with Gasteiger partial charge in [-0.1, -0.05) is 24.3 Å². The van der Waals surface area contributed by atoms with Gasteiger partial charge < -0.3 is 0 Å². The van der Waals surface area contributed by atoms with Crippen LogP contribution in [0, 0.1) is 0 Å². The summed E-state index contributed by atoms with van der Waals surface area (Å²) >= 11 is 0. The summed E-state index contributed by atoms with van der Waals surface area (Å²) in [6.45, 7) is 2.57. The molecule has 0 radical (unpaired) electrons. The smallest absolute Gasteiger partial charge is 0.193 e. The van der Waals surface area contributed by atoms with Crippen molar-refractivity contribution in [2.24, 2.45) is 0 Å². The zero-order chi connectivity index (χ0) is 23.4. The fourth-order valence-electron chi connectivity index (χ4n) is 3.16. The number of hydrogen-bond acceptors (Lipinski definition) is 0. The van der Waals surface area contributed by atoms with Gasteiger partial charge in [0.05, 0.1) is 11.1 Å². The number of pyridine rings is 1. The van der Waals surface area contributed by atoms with Gasteiger partial charge in [-0.2, -0.15) is 30.9 Å². The molecule has 0 N–H and O–H groups in total. The molecule has 3 aromatic rings. The number of alkyl halides is 6. The molecule has 7 heteroatoms. The molecule has 0 saturated carbocycles. The quantitative estimate of drug-likeness (QED) is 0.283. The Balaban J connectivity index is 1.81. The minimum Gasteiger partial charge on any atom is -0.193 e. The number of aromatic nitrogens is 1. The number of nitrogens with zero attached hydrogens (tertiary/aromatic N) is 1. The van der Waals surface area contributed by atoms with Crippen molar-refractivity contribution in [2.45, 2.75) is 25.8 Å². The summed E-state index contributed by atoms with van der Waals surface area (Å²) in [7, 11) is 0. The molecule has 0 amide bonds. The lowest BCUT2D eigenvalue weighted by Gasteiger charge is -2.06. The average molecular weight is 448 g/mol. The lowest BCUT2D eigenvalue weighted by molar-refractivity contribution is -0.696. The van der Waals surface area contributed by atoms with E-state index in [1.54, 1.807) is 12.2 Å². The van der Waals surface area contributed by atoms with E-state index in [0.29, 0.717) is 17.7 Å². The number of halogens is 6. The van der Waals surface area contributed by atoms with Crippen LogP contribution in [-0.2, 0) is 18.9 Å². The van der Waals surface area contributed by atoms with Gasteiger partial charge in [-0.05, 0) is 60.5 Å². The van der Waals surface area contributed by atoms with Crippen LogP contribution in [0.25, 0.3) is 24.3 Å². The van der Waals surface area contributed by atoms with Crippen LogP contribution in [0.1, 0.15) is 40.6 Å². The second kappa shape index (κ2) is 9.42. The fourth-order valence-corrected chi connectivity index (χ4v) is 3.16. The molecule has 2 aromatic carbocycles. The molecule has 32 heavy (non-hydrogen) atoms. The SMILES string of the molecule is CC[n+]1c(/C=C/c2ccc(C(F)(F)F)cc2)cccc1/C=C/c1ccc(C(F)(F)F)cc1. The summed E-state index contributed by atoms with van der Waals surface area (Å²) in [5.41, 5.74) is 1.53. The number of hydrogen-bond donors (Lipinski definition) is 0. The summed E-state index contributed by atoms with van der Waals surface area (Å²) < 4.78 is 78.2. The Bertz CT molecular complexity index is 1020. The second-order valence-corrected chi connectivity index (χ2v) is 7.03. The lowest BCUT2D eigenvalue weighted by Crippen LogP contribution is -2.38. The predicted octanol–water partition coefficient (Wildman–Crippen LogP) is 7.37. The van der Waals surface area contributed by atoms with Crippen LogP contribution in [0.2, 0.25) is 0 Å². The van der Waals surface area contributed by atoms with Gasteiger partial charge in [0.25, 0.3) is 0 Å². The molecule has 0 saturated heterocycles. The summed E-state index contributed by atoms with van der Waals surface area (Å²) in [6.07, 6.45) is -1.68. The van der Waals surface area contributed by atoms with E-state index in [-0.39, 0.29) is 0 Å². The Morgan fingerprint density at radius 2 is 0.969 bits per heavy atom. The van der Waals surface area contributed by atoms with Gasteiger partial charge in [-0.25, -0.2) is 0 Å². The standard InChI is InChI=1S/C25H20F6N/c1-2-32-22(16-10-18-6-12-20(13-7-18)24(26,27)28)4-3-5-23(32)17-11-19-8-14-21(15-9-19)25(29,30)31/h3-17H,2H2,1H3/q+1/b16-10+,17-11+. The second-order valence-electron chi connectivity index (χ2n) is 7.03. The molecular formula is C25H20F6N+. The minimum absolute atomic E-state index is 0.625. The van der Waals surface area contributed by atoms with Crippen LogP contribution in [0.3, 0.4) is 0 Å². The molecule has 0 bridgehead atoms. The third kappa shape index (κ3) is 5.87. The maximum Gasteiger partial charge on any atom is 0.416 e. The molecule has 166 valence electrons. The van der Waals surface area contributed by atoms with Crippen molar-refractivity contribution in [3.05, 3.63) is 100 Å². The Morgan fingerprint density at radius 3 is 1.28 bits per heavy atom. The van der Waals surface area contributed by atoms with Gasteiger partial charge in [0, 0.05) is 24.3 Å². The molecule has 0 aliphatic carbocycles. The van der Waals surface area contributed by atoms with Crippen molar-refractivity contribution in [1.82, 2.24) is 0 Å². The van der Waals surface area contributed by atoms with E-state index >= 15 is 0 Å². The van der Waals surface area contributed by atoms with Crippen LogP contribution in [0.5, 0.6) is 0 Å². The molecule has 0 fully saturated rings. The maximum absolute atomic E-state index is 12.7. The van der Waals surface area contributed by atoms with E-state index in [9.17, 15) is 26.3 Å². The highest BCUT2D eigenvalue weighted by Crippen LogP contribution is 2.30. The van der Waals surface area contributed by atoms with Gasteiger partial charge in [0.1, 0.15) is 6.54 Å². The van der Waals surface area contributed by atoms with Crippen molar-refractivity contribution in [2.75, 3.05) is 0 Å². The molecule has 0 aliphatic heterocycles. The molecule has 0 spiro atoms. The van der Waals surface area contributed by atoms with E-state index in [1.807, 2.05) is 41.8 Å². The molecule has 1 heterocycles. The number of benzene rings is 2. The van der Waals surface area contributed by atoms with Crippen molar-refractivity contribution < 1.29 is 30.9 Å². The average Bonchev–Trinajstić information content (AvgIpc) is 2.75. The topological polar surface area (TPSA) is 3.88 Å². The molecule has 0 aliphatic rings. The normalized spacial score (nSPS) is 12.7. The van der Waals surface area contributed by atoms with Gasteiger partial charge in [0.15, 0.2) is 0 Å². The van der Waals surface area contributed by atoms with E-state index in [2.05, 4.69) is 0 Å². The zero-order valence-electron chi connectivity index (χ0n) is 17.1. The molecular weight excluding hydrogens is 428 g/mol. The predicted molar refractivity (Wildman–Crippen MR) is 113 cm³/mol. The van der Waals surface area contributed by atoms with Crippen LogP contribution in [0.15, 0.2) is 66.7 Å². The van der Waals surface area contributed by atoms with Crippen LogP contribution in [0.4, 0.5) is 26.3 Å². The summed E-state index contributed by atoms with van der Waals surface area (Å²) in [6, 6.07) is 15.4. The Labute approximate surface area is 182 Å². The molecule has 1 aromatic heterocycles. The summed E-state index contributed by atoms with van der Waals surface area (Å²) in [5, 5.41) is 0. The Hall–Kier alpha value is -3.35. The van der Waals surface area contributed by atoms with E-state index in [4.69, 9.17) is 0 Å². The van der Waals surface area contributed by atoms with Crippen molar-refractivity contribution in [1.29, 1.82) is 0 Å².